The monoisotopic (exact) mass is 340 g/mol. The van der Waals surface area contributed by atoms with Gasteiger partial charge in [-0.05, 0) is 42.8 Å². The number of hydrogen-bond acceptors (Lipinski definition) is 3. The second-order valence-corrected chi connectivity index (χ2v) is 6.64. The van der Waals surface area contributed by atoms with Gasteiger partial charge < -0.3 is 4.90 Å². The summed E-state index contributed by atoms with van der Waals surface area (Å²) in [5.41, 5.74) is 1.97. The van der Waals surface area contributed by atoms with E-state index in [9.17, 15) is 9.18 Å². The number of rotatable bonds is 7. The zero-order valence-corrected chi connectivity index (χ0v) is 14.5. The van der Waals surface area contributed by atoms with Crippen LogP contribution in [-0.2, 0) is 6.54 Å². The number of halogens is 1. The van der Waals surface area contributed by atoms with Crippen LogP contribution in [0.4, 0.5) is 4.39 Å². The van der Waals surface area contributed by atoms with Crippen molar-refractivity contribution in [2.75, 3.05) is 32.7 Å². The van der Waals surface area contributed by atoms with Gasteiger partial charge in [0.15, 0.2) is 5.78 Å². The molecule has 0 bridgehead atoms. The lowest BCUT2D eigenvalue weighted by Crippen LogP contribution is -2.46. The summed E-state index contributed by atoms with van der Waals surface area (Å²) in [5, 5.41) is 0. The molecule has 1 fully saturated rings. The number of carbonyl (C=O) groups is 1. The van der Waals surface area contributed by atoms with Crippen molar-refractivity contribution in [1.82, 2.24) is 9.80 Å². The van der Waals surface area contributed by atoms with Crippen molar-refractivity contribution in [2.24, 2.45) is 0 Å². The van der Waals surface area contributed by atoms with Crippen LogP contribution in [0.3, 0.4) is 0 Å². The first-order valence-corrected chi connectivity index (χ1v) is 8.98. The van der Waals surface area contributed by atoms with E-state index < -0.39 is 0 Å². The molecule has 0 N–H and O–H groups in total. The first-order chi connectivity index (χ1) is 12.2. The van der Waals surface area contributed by atoms with Crippen molar-refractivity contribution in [3.8, 4) is 0 Å². The first-order valence-electron chi connectivity index (χ1n) is 8.98. The Labute approximate surface area is 149 Å². The van der Waals surface area contributed by atoms with E-state index in [0.29, 0.717) is 12.0 Å². The van der Waals surface area contributed by atoms with Crippen LogP contribution in [-0.4, -0.2) is 48.3 Å². The third kappa shape index (κ3) is 5.48. The van der Waals surface area contributed by atoms with Gasteiger partial charge in [-0.3, -0.25) is 9.69 Å². The molecule has 1 saturated heterocycles. The van der Waals surface area contributed by atoms with Crippen LogP contribution in [0.1, 0.15) is 28.8 Å². The van der Waals surface area contributed by atoms with Crippen LogP contribution in [0.2, 0.25) is 0 Å². The fourth-order valence-electron chi connectivity index (χ4n) is 3.26. The van der Waals surface area contributed by atoms with Crippen LogP contribution in [0, 0.1) is 5.82 Å². The van der Waals surface area contributed by atoms with Gasteiger partial charge in [-0.25, -0.2) is 4.39 Å². The Morgan fingerprint density at radius 2 is 1.52 bits per heavy atom. The molecule has 132 valence electrons. The van der Waals surface area contributed by atoms with Gasteiger partial charge in [0.1, 0.15) is 5.82 Å². The lowest BCUT2D eigenvalue weighted by Gasteiger charge is -2.34. The Bertz CT molecular complexity index is 664. The molecule has 4 heteroatoms. The van der Waals surface area contributed by atoms with Gasteiger partial charge in [0, 0.05) is 44.7 Å². The molecular weight excluding hydrogens is 315 g/mol. The van der Waals surface area contributed by atoms with E-state index in [1.165, 1.54) is 17.7 Å². The van der Waals surface area contributed by atoms with Crippen LogP contribution >= 0.6 is 0 Å². The number of hydrogen-bond donors (Lipinski definition) is 0. The first kappa shape index (κ1) is 17.8. The van der Waals surface area contributed by atoms with E-state index in [1.54, 1.807) is 12.1 Å². The fraction of sp³-hybridized carbons (Fsp3) is 0.381. The van der Waals surface area contributed by atoms with Gasteiger partial charge in [-0.15, -0.1) is 0 Å². The second kappa shape index (κ2) is 8.88. The largest absolute Gasteiger partial charge is 0.301 e. The van der Waals surface area contributed by atoms with E-state index in [1.807, 2.05) is 0 Å². The lowest BCUT2D eigenvalue weighted by molar-refractivity contribution is 0.0959. The third-order valence-corrected chi connectivity index (χ3v) is 4.76. The second-order valence-electron chi connectivity index (χ2n) is 6.64. The fourth-order valence-corrected chi connectivity index (χ4v) is 3.26. The van der Waals surface area contributed by atoms with Gasteiger partial charge in [-0.2, -0.15) is 0 Å². The summed E-state index contributed by atoms with van der Waals surface area (Å²) in [6, 6.07) is 16.4. The topological polar surface area (TPSA) is 23.6 Å². The van der Waals surface area contributed by atoms with Crippen LogP contribution < -0.4 is 0 Å². The molecule has 3 nitrogen and oxygen atoms in total. The predicted molar refractivity (Wildman–Crippen MR) is 98.1 cm³/mol. The Kier molecular flexibility index (Phi) is 6.31. The average Bonchev–Trinajstić information content (AvgIpc) is 2.64. The normalized spacial score (nSPS) is 16.0. The molecule has 2 aromatic carbocycles. The highest BCUT2D eigenvalue weighted by Gasteiger charge is 2.17. The minimum Gasteiger partial charge on any atom is -0.301 e. The van der Waals surface area contributed by atoms with Crippen molar-refractivity contribution in [3.05, 3.63) is 71.5 Å². The molecule has 0 aliphatic carbocycles. The maximum Gasteiger partial charge on any atom is 0.162 e. The molecule has 0 atom stereocenters. The molecule has 2 aromatic rings. The average molecular weight is 340 g/mol. The van der Waals surface area contributed by atoms with Crippen LogP contribution in [0.15, 0.2) is 54.6 Å². The Morgan fingerprint density at radius 1 is 0.880 bits per heavy atom. The summed E-state index contributed by atoms with van der Waals surface area (Å²) in [6.45, 7) is 6.21. The zero-order valence-electron chi connectivity index (χ0n) is 14.5. The molecule has 0 radical (unpaired) electrons. The number of ketones is 1. The molecule has 1 heterocycles. The Morgan fingerprint density at radius 3 is 2.20 bits per heavy atom. The van der Waals surface area contributed by atoms with Crippen molar-refractivity contribution < 1.29 is 9.18 Å². The molecule has 0 spiro atoms. The van der Waals surface area contributed by atoms with E-state index >= 15 is 0 Å². The molecule has 1 aliphatic heterocycles. The highest BCUT2D eigenvalue weighted by Crippen LogP contribution is 2.11. The molecule has 25 heavy (non-hydrogen) atoms. The summed E-state index contributed by atoms with van der Waals surface area (Å²) in [7, 11) is 0. The summed E-state index contributed by atoms with van der Waals surface area (Å²) in [5.74, 6) is -0.201. The molecule has 1 aliphatic rings. The maximum atomic E-state index is 12.9. The van der Waals surface area contributed by atoms with Crippen LogP contribution in [0.5, 0.6) is 0 Å². The molecule has 3 rings (SSSR count). The predicted octanol–water partition coefficient (Wildman–Crippen LogP) is 3.61. The number of Topliss-reactive ketones (excluding diaryl/α,β-unsaturated/α-hetero) is 1. The van der Waals surface area contributed by atoms with E-state index in [0.717, 1.165) is 45.7 Å². The highest BCUT2D eigenvalue weighted by molar-refractivity contribution is 5.95. The van der Waals surface area contributed by atoms with Crippen molar-refractivity contribution >= 4 is 5.78 Å². The molecule has 0 aromatic heterocycles. The quantitative estimate of drug-likeness (QED) is 0.720. The van der Waals surface area contributed by atoms with E-state index in [2.05, 4.69) is 40.1 Å². The SMILES string of the molecule is O=C(CCCN1CCN(Cc2ccccc2)CC1)c1ccc(F)cc1. The van der Waals surface area contributed by atoms with Crippen molar-refractivity contribution in [3.63, 3.8) is 0 Å². The third-order valence-electron chi connectivity index (χ3n) is 4.76. The molecular formula is C21H25FN2O. The van der Waals surface area contributed by atoms with Gasteiger partial charge in [0.25, 0.3) is 0 Å². The Hall–Kier alpha value is -2.04. The molecule has 0 unspecified atom stereocenters. The molecule has 0 saturated carbocycles. The molecule has 0 amide bonds. The van der Waals surface area contributed by atoms with Crippen molar-refractivity contribution in [1.29, 1.82) is 0 Å². The summed E-state index contributed by atoms with van der Waals surface area (Å²) in [6.07, 6.45) is 1.38. The van der Waals surface area contributed by atoms with Gasteiger partial charge in [-0.1, -0.05) is 30.3 Å². The van der Waals surface area contributed by atoms with Crippen LogP contribution in [0.25, 0.3) is 0 Å². The smallest absolute Gasteiger partial charge is 0.162 e. The number of benzene rings is 2. The van der Waals surface area contributed by atoms with Crippen molar-refractivity contribution in [2.45, 2.75) is 19.4 Å². The minimum absolute atomic E-state index is 0.0997. The standard InChI is InChI=1S/C21H25FN2O/c22-20-10-8-19(9-11-20)21(25)7-4-12-23-13-15-24(16-14-23)17-18-5-2-1-3-6-18/h1-3,5-6,8-11H,4,7,12-17H2. The maximum absolute atomic E-state index is 12.9. The summed E-state index contributed by atoms with van der Waals surface area (Å²) < 4.78 is 12.9. The van der Waals surface area contributed by atoms with E-state index in [-0.39, 0.29) is 11.6 Å². The Balaban J connectivity index is 1.35. The zero-order chi connectivity index (χ0) is 17.5. The van der Waals surface area contributed by atoms with Gasteiger partial charge in [0.05, 0.1) is 0 Å². The summed E-state index contributed by atoms with van der Waals surface area (Å²) >= 11 is 0. The summed E-state index contributed by atoms with van der Waals surface area (Å²) in [4.78, 5) is 17.0. The highest BCUT2D eigenvalue weighted by atomic mass is 19.1. The number of piperazine rings is 1. The van der Waals surface area contributed by atoms with Gasteiger partial charge >= 0.3 is 0 Å². The van der Waals surface area contributed by atoms with E-state index in [4.69, 9.17) is 0 Å². The van der Waals surface area contributed by atoms with Gasteiger partial charge in [0.2, 0.25) is 0 Å². The number of nitrogens with zero attached hydrogens (tertiary/aromatic N) is 2. The number of carbonyl (C=O) groups excluding carboxylic acids is 1. The lowest BCUT2D eigenvalue weighted by atomic mass is 10.1. The minimum atomic E-state index is -0.301.